The van der Waals surface area contributed by atoms with Gasteiger partial charge in [-0.15, -0.1) is 0 Å². The summed E-state index contributed by atoms with van der Waals surface area (Å²) in [5.41, 5.74) is 3.18. The molecule has 2 aromatic rings. The number of ether oxygens (including phenoxy) is 1. The van der Waals surface area contributed by atoms with Gasteiger partial charge in [-0.1, -0.05) is 12.1 Å². The van der Waals surface area contributed by atoms with Crippen LogP contribution in [0.3, 0.4) is 0 Å². The van der Waals surface area contributed by atoms with Crippen molar-refractivity contribution in [2.24, 2.45) is 0 Å². The molecule has 1 aliphatic heterocycles. The quantitative estimate of drug-likeness (QED) is 0.543. The van der Waals surface area contributed by atoms with Gasteiger partial charge in [0.15, 0.2) is 5.11 Å². The van der Waals surface area contributed by atoms with Crippen LogP contribution in [0.15, 0.2) is 60.1 Å². The molecule has 156 valence electrons. The maximum Gasteiger partial charge on any atom is 0.338 e. The predicted molar refractivity (Wildman–Crippen MR) is 119 cm³/mol. The Labute approximate surface area is 181 Å². The second-order valence-corrected chi connectivity index (χ2v) is 7.05. The minimum Gasteiger partial charge on any atom is -0.463 e. The van der Waals surface area contributed by atoms with Crippen molar-refractivity contribution in [3.05, 3.63) is 71.2 Å². The summed E-state index contributed by atoms with van der Waals surface area (Å²) in [6, 6.07) is 10.1. The number of aromatic nitrogens is 1. The van der Waals surface area contributed by atoms with Crippen molar-refractivity contribution in [1.82, 2.24) is 15.2 Å². The highest BCUT2D eigenvalue weighted by Gasteiger charge is 2.34. The molecule has 0 fully saturated rings. The number of carbonyl (C=O) groups is 2. The third-order valence-electron chi connectivity index (χ3n) is 4.83. The monoisotopic (exact) mass is 424 g/mol. The molecule has 2 N–H and O–H groups in total. The first-order valence-electron chi connectivity index (χ1n) is 9.73. The number of rotatable bonds is 6. The van der Waals surface area contributed by atoms with Gasteiger partial charge >= 0.3 is 5.97 Å². The first-order chi connectivity index (χ1) is 14.5. The fourth-order valence-corrected chi connectivity index (χ4v) is 3.77. The minimum absolute atomic E-state index is 0.240. The van der Waals surface area contributed by atoms with Crippen LogP contribution in [-0.4, -0.2) is 40.0 Å². The molecule has 0 spiro atoms. The summed E-state index contributed by atoms with van der Waals surface area (Å²) in [6.07, 6.45) is 3.13. The van der Waals surface area contributed by atoms with Crippen LogP contribution < -0.4 is 10.6 Å². The first kappa shape index (κ1) is 21.4. The molecule has 1 unspecified atom stereocenters. The summed E-state index contributed by atoms with van der Waals surface area (Å²) in [7, 11) is 0. The van der Waals surface area contributed by atoms with Crippen molar-refractivity contribution < 1.29 is 14.3 Å². The van der Waals surface area contributed by atoms with Crippen LogP contribution in [0.25, 0.3) is 0 Å². The van der Waals surface area contributed by atoms with Gasteiger partial charge in [0, 0.05) is 35.9 Å². The number of hydrogen-bond acceptors (Lipinski definition) is 5. The molecule has 0 radical (unpaired) electrons. The van der Waals surface area contributed by atoms with Crippen molar-refractivity contribution in [2.45, 2.75) is 26.8 Å². The zero-order chi connectivity index (χ0) is 21.7. The summed E-state index contributed by atoms with van der Waals surface area (Å²) in [5.74, 6) is -0.629. The third-order valence-corrected chi connectivity index (χ3v) is 5.17. The molecule has 2 heterocycles. The largest absolute Gasteiger partial charge is 0.463 e. The number of carbonyl (C=O) groups excluding carboxylic acids is 2. The second kappa shape index (κ2) is 9.49. The van der Waals surface area contributed by atoms with Crippen molar-refractivity contribution in [2.75, 3.05) is 18.5 Å². The molecule has 30 heavy (non-hydrogen) atoms. The summed E-state index contributed by atoms with van der Waals surface area (Å²) in [6.45, 7) is 6.52. The topological polar surface area (TPSA) is 83.6 Å². The number of esters is 1. The molecule has 0 saturated carbocycles. The van der Waals surface area contributed by atoms with Gasteiger partial charge in [-0.2, -0.15) is 0 Å². The summed E-state index contributed by atoms with van der Waals surface area (Å²) in [5, 5.41) is 6.66. The highest BCUT2D eigenvalue weighted by Crippen LogP contribution is 2.32. The molecule has 1 aromatic carbocycles. The lowest BCUT2D eigenvalue weighted by molar-refractivity contribution is -0.139. The Morgan fingerprint density at radius 2 is 1.97 bits per heavy atom. The Balaban J connectivity index is 1.94. The lowest BCUT2D eigenvalue weighted by Crippen LogP contribution is -2.47. The number of benzene rings is 1. The Kier molecular flexibility index (Phi) is 6.79. The number of nitrogens with one attached hydrogen (secondary N) is 2. The third kappa shape index (κ3) is 4.49. The number of pyridine rings is 1. The van der Waals surface area contributed by atoms with Crippen molar-refractivity contribution in [3.8, 4) is 0 Å². The van der Waals surface area contributed by atoms with E-state index in [1.807, 2.05) is 36.9 Å². The van der Waals surface area contributed by atoms with E-state index in [2.05, 4.69) is 15.6 Å². The predicted octanol–water partition coefficient (Wildman–Crippen LogP) is 3.42. The second-order valence-electron chi connectivity index (χ2n) is 6.66. The molecule has 0 aliphatic carbocycles. The van der Waals surface area contributed by atoms with E-state index >= 15 is 0 Å². The number of thiocarbonyl (C=S) groups is 1. The van der Waals surface area contributed by atoms with E-state index in [9.17, 15) is 9.59 Å². The van der Waals surface area contributed by atoms with Crippen LogP contribution in [-0.2, 0) is 9.53 Å². The molecule has 0 saturated heterocycles. The molecule has 1 aliphatic rings. The molecule has 3 rings (SSSR count). The number of hydrogen-bond donors (Lipinski definition) is 2. The van der Waals surface area contributed by atoms with E-state index in [1.54, 1.807) is 37.5 Å². The van der Waals surface area contributed by atoms with E-state index in [4.69, 9.17) is 17.0 Å². The summed E-state index contributed by atoms with van der Waals surface area (Å²) in [4.78, 5) is 31.0. The number of nitrogens with zero attached hydrogens (tertiary/aromatic N) is 2. The van der Waals surface area contributed by atoms with Crippen LogP contribution in [0.2, 0.25) is 0 Å². The average molecular weight is 425 g/mol. The number of amides is 1. The smallest absolute Gasteiger partial charge is 0.338 e. The van der Waals surface area contributed by atoms with Gasteiger partial charge in [-0.3, -0.25) is 9.78 Å². The van der Waals surface area contributed by atoms with Gasteiger partial charge in [-0.25, -0.2) is 4.79 Å². The Morgan fingerprint density at radius 3 is 2.63 bits per heavy atom. The summed E-state index contributed by atoms with van der Waals surface area (Å²) >= 11 is 5.50. The van der Waals surface area contributed by atoms with Gasteiger partial charge in [-0.05, 0) is 62.8 Å². The lowest BCUT2D eigenvalue weighted by atomic mass is 9.94. The molecule has 1 aromatic heterocycles. The molecular weight excluding hydrogens is 400 g/mol. The Bertz CT molecular complexity index is 991. The minimum atomic E-state index is -0.475. The van der Waals surface area contributed by atoms with E-state index in [0.717, 1.165) is 11.3 Å². The van der Waals surface area contributed by atoms with E-state index < -0.39 is 6.04 Å². The molecule has 1 amide bonds. The van der Waals surface area contributed by atoms with E-state index in [1.165, 1.54) is 0 Å². The van der Waals surface area contributed by atoms with Crippen LogP contribution >= 0.6 is 12.2 Å². The maximum absolute atomic E-state index is 12.7. The first-order valence-corrected chi connectivity index (χ1v) is 10.1. The van der Waals surface area contributed by atoms with Gasteiger partial charge in [0.1, 0.15) is 0 Å². The Morgan fingerprint density at radius 1 is 1.23 bits per heavy atom. The fraction of sp³-hybridized carbons (Fsp3) is 0.273. The standard InChI is InChI=1S/C22H24N4O3S/c1-4-26-14(3)18(21(28)29-5-2)19(25-22(26)30)16-7-6-8-17(13-16)24-20(27)15-9-11-23-12-10-15/h6-13,19H,4-5H2,1-3H3,(H,24,27)(H,25,30). The van der Waals surface area contributed by atoms with Gasteiger partial charge in [0.25, 0.3) is 5.91 Å². The van der Waals surface area contributed by atoms with Crippen LogP contribution in [0.1, 0.15) is 42.7 Å². The molecule has 7 nitrogen and oxygen atoms in total. The summed E-state index contributed by atoms with van der Waals surface area (Å²) < 4.78 is 5.30. The Hall–Kier alpha value is -3.26. The van der Waals surface area contributed by atoms with Crippen LogP contribution in [0.4, 0.5) is 5.69 Å². The van der Waals surface area contributed by atoms with Crippen LogP contribution in [0, 0.1) is 0 Å². The molecule has 8 heteroatoms. The van der Waals surface area contributed by atoms with Crippen LogP contribution in [0.5, 0.6) is 0 Å². The van der Waals surface area contributed by atoms with Crippen molar-refractivity contribution in [1.29, 1.82) is 0 Å². The number of anilines is 1. The highest BCUT2D eigenvalue weighted by molar-refractivity contribution is 7.80. The van der Waals surface area contributed by atoms with Gasteiger partial charge in [0.2, 0.25) is 0 Å². The van der Waals surface area contributed by atoms with E-state index in [-0.39, 0.29) is 18.5 Å². The van der Waals surface area contributed by atoms with E-state index in [0.29, 0.717) is 28.5 Å². The molecule has 0 bridgehead atoms. The number of allylic oxidation sites excluding steroid dienone is 1. The highest BCUT2D eigenvalue weighted by atomic mass is 32.1. The maximum atomic E-state index is 12.7. The SMILES string of the molecule is CCOC(=O)C1=C(C)N(CC)C(=S)NC1c1cccc(NC(=O)c2ccncc2)c1. The average Bonchev–Trinajstić information content (AvgIpc) is 2.74. The normalized spacial score (nSPS) is 16.2. The van der Waals surface area contributed by atoms with Crippen molar-refractivity contribution in [3.63, 3.8) is 0 Å². The van der Waals surface area contributed by atoms with Crippen molar-refractivity contribution >= 4 is 34.9 Å². The van der Waals surface area contributed by atoms with Gasteiger partial charge in [0.05, 0.1) is 18.2 Å². The fourth-order valence-electron chi connectivity index (χ4n) is 3.39. The molecular formula is C22H24N4O3S. The van der Waals surface area contributed by atoms with Gasteiger partial charge < -0.3 is 20.3 Å². The zero-order valence-corrected chi connectivity index (χ0v) is 18.0. The molecule has 1 atom stereocenters. The lowest BCUT2D eigenvalue weighted by Gasteiger charge is -2.37. The zero-order valence-electron chi connectivity index (χ0n) is 17.1.